The van der Waals surface area contributed by atoms with Crippen molar-refractivity contribution in [2.24, 2.45) is 5.73 Å². The molecule has 1 aliphatic heterocycles. The Morgan fingerprint density at radius 1 is 1.24 bits per heavy atom. The third kappa shape index (κ3) is 4.61. The van der Waals surface area contributed by atoms with Gasteiger partial charge in [-0.05, 0) is 43.1 Å². The summed E-state index contributed by atoms with van der Waals surface area (Å²) in [5, 5.41) is 19.6. The number of thiophene rings is 1. The van der Waals surface area contributed by atoms with Gasteiger partial charge in [0, 0.05) is 28.3 Å². The number of hydrogen-bond acceptors (Lipinski definition) is 10. The summed E-state index contributed by atoms with van der Waals surface area (Å²) in [5.74, 6) is 1.96. The summed E-state index contributed by atoms with van der Waals surface area (Å²) in [6.07, 6.45) is 3.97. The van der Waals surface area contributed by atoms with Crippen LogP contribution in [0.2, 0.25) is 0 Å². The van der Waals surface area contributed by atoms with E-state index in [-0.39, 0.29) is 5.78 Å². The Bertz CT molecular complexity index is 1160. The Balaban J connectivity index is 1.88. The van der Waals surface area contributed by atoms with Crippen molar-refractivity contribution in [2.45, 2.75) is 67.3 Å². The number of carbonyl (C=O) groups is 1. The number of ketones is 1. The fourth-order valence-electron chi connectivity index (χ4n) is 4.22. The summed E-state index contributed by atoms with van der Waals surface area (Å²) in [5.41, 5.74) is 9.75. The van der Waals surface area contributed by atoms with Crippen molar-refractivity contribution in [2.75, 3.05) is 16.4 Å². The van der Waals surface area contributed by atoms with Gasteiger partial charge in [-0.2, -0.15) is 5.26 Å². The van der Waals surface area contributed by atoms with E-state index in [1.165, 1.54) is 20.4 Å². The van der Waals surface area contributed by atoms with Gasteiger partial charge in [0.15, 0.2) is 10.1 Å². The van der Waals surface area contributed by atoms with Gasteiger partial charge in [-0.3, -0.25) is 9.69 Å². The zero-order valence-corrected chi connectivity index (χ0v) is 22.3. The van der Waals surface area contributed by atoms with E-state index in [1.54, 1.807) is 34.9 Å². The van der Waals surface area contributed by atoms with Crippen LogP contribution in [0.4, 0.5) is 5.13 Å². The lowest BCUT2D eigenvalue weighted by Crippen LogP contribution is -2.38. The molecule has 1 aliphatic carbocycles. The minimum atomic E-state index is -0.415. The summed E-state index contributed by atoms with van der Waals surface area (Å²) in [4.78, 5) is 16.4. The SMILES string of the molecule is CCCSc1nnc(N2C(N)=C(C#N)C(c3cc(CC)sc3SCC)C3=C2CCCC3=O)s1. The third-order valence-electron chi connectivity index (χ3n) is 5.64. The molecule has 0 fully saturated rings. The fraction of sp³-hybridized carbons (Fsp3) is 0.478. The number of anilines is 1. The first kappa shape index (κ1) is 24.3. The van der Waals surface area contributed by atoms with Gasteiger partial charge < -0.3 is 5.73 Å². The molecule has 2 N–H and O–H groups in total. The van der Waals surface area contributed by atoms with Crippen LogP contribution in [0.5, 0.6) is 0 Å². The lowest BCUT2D eigenvalue weighted by atomic mass is 9.76. The van der Waals surface area contributed by atoms with Crippen molar-refractivity contribution in [3.8, 4) is 6.07 Å². The molecular weight excluding hydrogens is 491 g/mol. The number of nitrogens with two attached hydrogens (primary N) is 1. The van der Waals surface area contributed by atoms with Crippen LogP contribution in [0.1, 0.15) is 62.8 Å². The van der Waals surface area contributed by atoms with Crippen molar-refractivity contribution in [3.63, 3.8) is 0 Å². The monoisotopic (exact) mass is 517 g/mol. The molecule has 0 amide bonds. The van der Waals surface area contributed by atoms with E-state index in [0.717, 1.165) is 52.8 Å². The standard InChI is InChI=1S/C23H27N5OS4/c1-4-10-31-23-27-26-22(33-23)28-16-8-7-9-17(29)19(16)18(15(12-24)20(28)25)14-11-13(5-2)32-21(14)30-6-3/h11,18H,4-10,25H2,1-3H3. The average molecular weight is 518 g/mol. The number of Topliss-reactive ketones (excluding diaryl/α,β-unsaturated/α-hetero) is 1. The predicted octanol–water partition coefficient (Wildman–Crippen LogP) is 6.08. The van der Waals surface area contributed by atoms with Crippen LogP contribution in [0.3, 0.4) is 0 Å². The van der Waals surface area contributed by atoms with E-state index in [1.807, 2.05) is 4.90 Å². The lowest BCUT2D eigenvalue weighted by molar-refractivity contribution is -0.116. The van der Waals surface area contributed by atoms with Gasteiger partial charge in [0.2, 0.25) is 5.13 Å². The van der Waals surface area contributed by atoms with E-state index < -0.39 is 5.92 Å². The summed E-state index contributed by atoms with van der Waals surface area (Å²) in [7, 11) is 0. The van der Waals surface area contributed by atoms with Gasteiger partial charge in [0.1, 0.15) is 5.82 Å². The predicted molar refractivity (Wildman–Crippen MR) is 139 cm³/mol. The van der Waals surface area contributed by atoms with Crippen LogP contribution in [0, 0.1) is 11.3 Å². The van der Waals surface area contributed by atoms with Crippen molar-refractivity contribution in [1.29, 1.82) is 5.26 Å². The van der Waals surface area contributed by atoms with E-state index >= 15 is 0 Å². The quantitative estimate of drug-likeness (QED) is 0.421. The molecular formula is C23H27N5OS4. The minimum Gasteiger partial charge on any atom is -0.384 e. The topological polar surface area (TPSA) is 95.9 Å². The molecule has 10 heteroatoms. The summed E-state index contributed by atoms with van der Waals surface area (Å²) in [6, 6.07) is 4.54. The zero-order valence-electron chi connectivity index (χ0n) is 19.0. The number of rotatable bonds is 8. The highest BCUT2D eigenvalue weighted by Crippen LogP contribution is 2.50. The highest BCUT2D eigenvalue weighted by Gasteiger charge is 2.42. The molecule has 0 saturated heterocycles. The molecule has 2 aliphatic rings. The van der Waals surface area contributed by atoms with Crippen LogP contribution >= 0.6 is 46.2 Å². The number of carbonyl (C=O) groups excluding carboxylic acids is 1. The van der Waals surface area contributed by atoms with E-state index in [4.69, 9.17) is 5.73 Å². The Hall–Kier alpha value is -1.80. The number of aromatic nitrogens is 2. The normalized spacial score (nSPS) is 18.7. The summed E-state index contributed by atoms with van der Waals surface area (Å²) in [6.45, 7) is 6.38. The lowest BCUT2D eigenvalue weighted by Gasteiger charge is -2.38. The fourth-order valence-corrected chi connectivity index (χ4v) is 8.40. The molecule has 1 unspecified atom stereocenters. The number of thioether (sulfide) groups is 2. The second kappa shape index (κ2) is 10.6. The number of allylic oxidation sites excluding steroid dienone is 3. The van der Waals surface area contributed by atoms with Gasteiger partial charge in [0.25, 0.3) is 0 Å². The Morgan fingerprint density at radius 2 is 2.06 bits per heavy atom. The Labute approximate surface area is 211 Å². The van der Waals surface area contributed by atoms with E-state index in [2.05, 4.69) is 43.1 Å². The van der Waals surface area contributed by atoms with E-state index in [0.29, 0.717) is 28.5 Å². The molecule has 174 valence electrons. The highest BCUT2D eigenvalue weighted by atomic mass is 32.2. The van der Waals surface area contributed by atoms with Gasteiger partial charge >= 0.3 is 0 Å². The van der Waals surface area contributed by atoms with Crippen LogP contribution < -0.4 is 10.6 Å². The molecule has 0 spiro atoms. The minimum absolute atomic E-state index is 0.105. The number of nitriles is 1. The second-order valence-corrected chi connectivity index (χ2v) is 12.7. The maximum Gasteiger partial charge on any atom is 0.219 e. The van der Waals surface area contributed by atoms with Crippen molar-refractivity contribution in [3.05, 3.63) is 39.2 Å². The van der Waals surface area contributed by atoms with Crippen LogP contribution in [0.25, 0.3) is 0 Å². The molecule has 3 heterocycles. The van der Waals surface area contributed by atoms with Crippen molar-refractivity contribution in [1.82, 2.24) is 10.2 Å². The molecule has 1 atom stereocenters. The first-order chi connectivity index (χ1) is 16.0. The van der Waals surface area contributed by atoms with Crippen LogP contribution in [-0.4, -0.2) is 27.5 Å². The molecule has 0 saturated carbocycles. The zero-order chi connectivity index (χ0) is 23.5. The molecule has 2 aromatic rings. The molecule has 0 radical (unpaired) electrons. The molecule has 33 heavy (non-hydrogen) atoms. The Kier molecular flexibility index (Phi) is 7.84. The molecule has 2 aromatic heterocycles. The number of nitrogens with zero attached hydrogens (tertiary/aromatic N) is 4. The number of hydrogen-bond donors (Lipinski definition) is 1. The molecule has 6 nitrogen and oxygen atoms in total. The first-order valence-electron chi connectivity index (χ1n) is 11.2. The smallest absolute Gasteiger partial charge is 0.219 e. The van der Waals surface area contributed by atoms with Crippen molar-refractivity contribution < 1.29 is 4.79 Å². The summed E-state index contributed by atoms with van der Waals surface area (Å²) >= 11 is 6.66. The van der Waals surface area contributed by atoms with Crippen molar-refractivity contribution >= 4 is 57.1 Å². The molecule has 0 bridgehead atoms. The maximum atomic E-state index is 13.4. The van der Waals surface area contributed by atoms with E-state index in [9.17, 15) is 10.1 Å². The maximum absolute atomic E-state index is 13.4. The van der Waals surface area contributed by atoms with Crippen LogP contribution in [-0.2, 0) is 11.2 Å². The van der Waals surface area contributed by atoms with Gasteiger partial charge in [-0.1, -0.05) is 43.9 Å². The van der Waals surface area contributed by atoms with Crippen LogP contribution in [0.15, 0.2) is 37.3 Å². The van der Waals surface area contributed by atoms with Gasteiger partial charge in [-0.15, -0.1) is 33.3 Å². The second-order valence-electron chi connectivity index (χ2n) is 7.76. The molecule has 4 rings (SSSR count). The average Bonchev–Trinajstić information content (AvgIpc) is 3.44. The first-order valence-corrected chi connectivity index (χ1v) is 14.8. The number of aryl methyl sites for hydroxylation is 1. The highest BCUT2D eigenvalue weighted by molar-refractivity contribution is 8.01. The largest absolute Gasteiger partial charge is 0.384 e. The third-order valence-corrected chi connectivity index (χ3v) is 10.4. The summed E-state index contributed by atoms with van der Waals surface area (Å²) < 4.78 is 2.05. The van der Waals surface area contributed by atoms with Gasteiger partial charge in [-0.25, -0.2) is 0 Å². The van der Waals surface area contributed by atoms with Gasteiger partial charge in [0.05, 0.1) is 21.8 Å². The molecule has 0 aromatic carbocycles. The Morgan fingerprint density at radius 3 is 2.76 bits per heavy atom.